The Balaban J connectivity index is 1.53. The van der Waals surface area contributed by atoms with Crippen LogP contribution in [-0.2, 0) is 4.79 Å². The Labute approximate surface area is 162 Å². The number of hydrogen-bond donors (Lipinski definition) is 1. The molecule has 138 valence electrons. The van der Waals surface area contributed by atoms with E-state index in [-0.39, 0.29) is 12.5 Å². The van der Waals surface area contributed by atoms with Crippen molar-refractivity contribution in [1.82, 2.24) is 5.43 Å². The molecular weight excluding hydrogens is 364 g/mol. The third-order valence-corrected chi connectivity index (χ3v) is 4.27. The SMILES string of the molecule is Cc1cccc(OCC(=O)N/N=C/c2ccc(-c3cccc(Cl)c3)o2)c1C. The predicted octanol–water partition coefficient (Wildman–Crippen LogP) is 4.75. The van der Waals surface area contributed by atoms with Gasteiger partial charge in [0.2, 0.25) is 0 Å². The number of hydrazone groups is 1. The Hall–Kier alpha value is -3.05. The van der Waals surface area contributed by atoms with E-state index in [1.165, 1.54) is 6.21 Å². The highest BCUT2D eigenvalue weighted by molar-refractivity contribution is 6.30. The summed E-state index contributed by atoms with van der Waals surface area (Å²) < 4.78 is 11.2. The van der Waals surface area contributed by atoms with Crippen molar-refractivity contribution >= 4 is 23.7 Å². The van der Waals surface area contributed by atoms with Crippen LogP contribution in [0.15, 0.2) is 64.1 Å². The molecule has 0 aliphatic heterocycles. The van der Waals surface area contributed by atoms with Gasteiger partial charge in [-0.15, -0.1) is 0 Å². The summed E-state index contributed by atoms with van der Waals surface area (Å²) in [7, 11) is 0. The van der Waals surface area contributed by atoms with Crippen molar-refractivity contribution in [2.24, 2.45) is 5.10 Å². The average Bonchev–Trinajstić information content (AvgIpc) is 3.12. The number of rotatable bonds is 6. The molecule has 1 heterocycles. The highest BCUT2D eigenvalue weighted by atomic mass is 35.5. The number of aryl methyl sites for hydroxylation is 1. The summed E-state index contributed by atoms with van der Waals surface area (Å²) in [6, 6.07) is 16.7. The second-order valence-electron chi connectivity index (χ2n) is 5.99. The summed E-state index contributed by atoms with van der Waals surface area (Å²) in [6.07, 6.45) is 1.43. The number of benzene rings is 2. The van der Waals surface area contributed by atoms with Crippen LogP contribution < -0.4 is 10.2 Å². The molecule has 0 radical (unpaired) electrons. The molecule has 3 rings (SSSR count). The average molecular weight is 383 g/mol. The Morgan fingerprint density at radius 3 is 2.81 bits per heavy atom. The van der Waals surface area contributed by atoms with E-state index in [2.05, 4.69) is 10.5 Å². The smallest absolute Gasteiger partial charge is 0.277 e. The first-order valence-corrected chi connectivity index (χ1v) is 8.77. The molecule has 0 spiro atoms. The summed E-state index contributed by atoms with van der Waals surface area (Å²) in [5.74, 6) is 1.52. The zero-order chi connectivity index (χ0) is 19.2. The number of ether oxygens (including phenoxy) is 1. The molecule has 0 unspecified atom stereocenters. The minimum atomic E-state index is -0.353. The maximum atomic E-state index is 11.9. The molecule has 27 heavy (non-hydrogen) atoms. The molecule has 1 N–H and O–H groups in total. The van der Waals surface area contributed by atoms with Gasteiger partial charge in [0.05, 0.1) is 6.21 Å². The van der Waals surface area contributed by atoms with Gasteiger partial charge in [-0.3, -0.25) is 4.79 Å². The number of amides is 1. The maximum Gasteiger partial charge on any atom is 0.277 e. The Bertz CT molecular complexity index is 979. The van der Waals surface area contributed by atoms with Crippen LogP contribution in [0.2, 0.25) is 5.02 Å². The third-order valence-electron chi connectivity index (χ3n) is 4.03. The lowest BCUT2D eigenvalue weighted by atomic mass is 10.1. The van der Waals surface area contributed by atoms with E-state index in [1.807, 2.05) is 56.3 Å². The first-order chi connectivity index (χ1) is 13.0. The largest absolute Gasteiger partial charge is 0.483 e. The second kappa shape index (κ2) is 8.56. The molecule has 0 aliphatic rings. The molecule has 6 heteroatoms. The zero-order valence-corrected chi connectivity index (χ0v) is 15.8. The topological polar surface area (TPSA) is 63.8 Å². The van der Waals surface area contributed by atoms with Gasteiger partial charge in [-0.2, -0.15) is 5.10 Å². The summed E-state index contributed by atoms with van der Waals surface area (Å²) in [5.41, 5.74) is 5.41. The fraction of sp³-hybridized carbons (Fsp3) is 0.143. The number of nitrogens with zero attached hydrogens (tertiary/aromatic N) is 1. The van der Waals surface area contributed by atoms with Crippen molar-refractivity contribution in [3.63, 3.8) is 0 Å². The van der Waals surface area contributed by atoms with Crippen LogP contribution in [-0.4, -0.2) is 18.7 Å². The minimum absolute atomic E-state index is 0.118. The van der Waals surface area contributed by atoms with Gasteiger partial charge in [0.25, 0.3) is 5.91 Å². The van der Waals surface area contributed by atoms with Crippen LogP contribution in [0, 0.1) is 13.8 Å². The number of halogens is 1. The van der Waals surface area contributed by atoms with E-state index < -0.39 is 0 Å². The number of hydrogen-bond acceptors (Lipinski definition) is 4. The van der Waals surface area contributed by atoms with Crippen molar-refractivity contribution in [1.29, 1.82) is 0 Å². The molecule has 5 nitrogen and oxygen atoms in total. The molecular formula is C21H19ClN2O3. The van der Waals surface area contributed by atoms with Crippen LogP contribution in [0.1, 0.15) is 16.9 Å². The van der Waals surface area contributed by atoms with E-state index in [0.29, 0.717) is 22.3 Å². The van der Waals surface area contributed by atoms with Crippen molar-refractivity contribution in [2.45, 2.75) is 13.8 Å². The van der Waals surface area contributed by atoms with Crippen LogP contribution in [0.3, 0.4) is 0 Å². The van der Waals surface area contributed by atoms with Crippen molar-refractivity contribution in [3.05, 3.63) is 76.5 Å². The van der Waals surface area contributed by atoms with Crippen molar-refractivity contribution in [3.8, 4) is 17.1 Å². The molecule has 3 aromatic rings. The van der Waals surface area contributed by atoms with Crippen LogP contribution in [0.25, 0.3) is 11.3 Å². The summed E-state index contributed by atoms with van der Waals surface area (Å²) >= 11 is 5.98. The quantitative estimate of drug-likeness (QED) is 0.494. The first-order valence-electron chi connectivity index (χ1n) is 8.39. The summed E-state index contributed by atoms with van der Waals surface area (Å²) in [4.78, 5) is 11.9. The zero-order valence-electron chi connectivity index (χ0n) is 15.0. The van der Waals surface area contributed by atoms with Crippen LogP contribution in [0.4, 0.5) is 0 Å². The Kier molecular flexibility index (Phi) is 5.94. The number of carbonyl (C=O) groups excluding carboxylic acids is 1. The van der Waals surface area contributed by atoms with E-state index in [4.69, 9.17) is 20.8 Å². The second-order valence-corrected chi connectivity index (χ2v) is 6.43. The molecule has 1 aromatic heterocycles. The lowest BCUT2D eigenvalue weighted by Gasteiger charge is -2.09. The predicted molar refractivity (Wildman–Crippen MR) is 106 cm³/mol. The lowest BCUT2D eigenvalue weighted by molar-refractivity contribution is -0.123. The van der Waals surface area contributed by atoms with Crippen molar-refractivity contribution < 1.29 is 13.9 Å². The summed E-state index contributed by atoms with van der Waals surface area (Å²) in [5, 5.41) is 4.53. The highest BCUT2D eigenvalue weighted by Crippen LogP contribution is 2.24. The van der Waals surface area contributed by atoms with Crippen molar-refractivity contribution in [2.75, 3.05) is 6.61 Å². The Morgan fingerprint density at radius 2 is 2.00 bits per heavy atom. The van der Waals surface area contributed by atoms with Gasteiger partial charge in [0, 0.05) is 10.6 Å². The van der Waals surface area contributed by atoms with Gasteiger partial charge in [-0.1, -0.05) is 35.9 Å². The van der Waals surface area contributed by atoms with Gasteiger partial charge in [0.1, 0.15) is 17.3 Å². The fourth-order valence-corrected chi connectivity index (χ4v) is 2.63. The van der Waals surface area contributed by atoms with Gasteiger partial charge < -0.3 is 9.15 Å². The van der Waals surface area contributed by atoms with Gasteiger partial charge in [-0.05, 0) is 55.3 Å². The number of nitrogens with one attached hydrogen (secondary N) is 1. The number of carbonyl (C=O) groups is 1. The van der Waals surface area contributed by atoms with Crippen LogP contribution >= 0.6 is 11.6 Å². The molecule has 0 aliphatic carbocycles. The van der Waals surface area contributed by atoms with Gasteiger partial charge in [0.15, 0.2) is 6.61 Å². The maximum absolute atomic E-state index is 11.9. The molecule has 0 fully saturated rings. The minimum Gasteiger partial charge on any atom is -0.483 e. The highest BCUT2D eigenvalue weighted by Gasteiger charge is 2.06. The first kappa shape index (κ1) is 18.7. The fourth-order valence-electron chi connectivity index (χ4n) is 2.44. The molecule has 0 bridgehead atoms. The van der Waals surface area contributed by atoms with E-state index in [9.17, 15) is 4.79 Å². The van der Waals surface area contributed by atoms with E-state index in [0.717, 1.165) is 16.7 Å². The molecule has 0 saturated carbocycles. The van der Waals surface area contributed by atoms with Gasteiger partial charge >= 0.3 is 0 Å². The van der Waals surface area contributed by atoms with Crippen LogP contribution in [0.5, 0.6) is 5.75 Å². The molecule has 0 saturated heterocycles. The summed E-state index contributed by atoms with van der Waals surface area (Å²) in [6.45, 7) is 3.83. The molecule has 2 aromatic carbocycles. The van der Waals surface area contributed by atoms with Gasteiger partial charge in [-0.25, -0.2) is 5.43 Å². The van der Waals surface area contributed by atoms with E-state index in [1.54, 1.807) is 12.1 Å². The standard InChI is InChI=1S/C21H19ClN2O3/c1-14-5-3-8-19(15(14)2)26-13-21(25)24-23-12-18-9-10-20(27-18)16-6-4-7-17(22)11-16/h3-12H,13H2,1-2H3,(H,24,25)/b23-12+. The Morgan fingerprint density at radius 1 is 1.19 bits per heavy atom. The third kappa shape index (κ3) is 4.99. The molecule has 1 amide bonds. The number of furan rings is 1. The lowest BCUT2D eigenvalue weighted by Crippen LogP contribution is -2.24. The normalized spacial score (nSPS) is 10.9. The molecule has 0 atom stereocenters. The monoisotopic (exact) mass is 382 g/mol. The van der Waals surface area contributed by atoms with E-state index >= 15 is 0 Å².